The molecule has 0 unspecified atom stereocenters. The van der Waals surface area contributed by atoms with Gasteiger partial charge in [-0.05, 0) is 117 Å². The molecule has 284 valence electrons. The molecule has 0 spiro atoms. The van der Waals surface area contributed by atoms with Crippen LogP contribution in [0.4, 0.5) is 17.1 Å². The third-order valence-electron chi connectivity index (χ3n) is 12.6. The molecule has 0 N–H and O–H groups in total. The summed E-state index contributed by atoms with van der Waals surface area (Å²) in [6.07, 6.45) is 0. The van der Waals surface area contributed by atoms with Crippen molar-refractivity contribution in [1.29, 1.82) is 0 Å². The maximum atomic E-state index is 2.50. The van der Waals surface area contributed by atoms with Gasteiger partial charge in [0.25, 0.3) is 0 Å². The van der Waals surface area contributed by atoms with E-state index in [4.69, 9.17) is 0 Å². The summed E-state index contributed by atoms with van der Waals surface area (Å²) >= 11 is 0. The Morgan fingerprint density at radius 1 is 0.230 bits per heavy atom. The molecule has 61 heavy (non-hydrogen) atoms. The minimum atomic E-state index is 1.11. The Morgan fingerprint density at radius 3 is 1.44 bits per heavy atom. The first-order valence-corrected chi connectivity index (χ1v) is 21.1. The summed E-state index contributed by atoms with van der Waals surface area (Å²) in [7, 11) is 0. The van der Waals surface area contributed by atoms with Gasteiger partial charge in [0.15, 0.2) is 0 Å². The number of anilines is 3. The van der Waals surface area contributed by atoms with Gasteiger partial charge in [-0.15, -0.1) is 0 Å². The Bertz CT molecular complexity index is 3640. The fourth-order valence-corrected chi connectivity index (χ4v) is 9.85. The van der Waals surface area contributed by atoms with Gasteiger partial charge in [0.1, 0.15) is 0 Å². The van der Waals surface area contributed by atoms with Crippen molar-refractivity contribution in [3.8, 4) is 33.4 Å². The molecule has 0 fully saturated rings. The molecule has 0 amide bonds. The summed E-state index contributed by atoms with van der Waals surface area (Å²) in [5.74, 6) is 0. The van der Waals surface area contributed by atoms with Crippen LogP contribution < -0.4 is 4.90 Å². The molecular weight excluding hydrogens is 735 g/mol. The van der Waals surface area contributed by atoms with E-state index in [0.29, 0.717) is 0 Å². The molecule has 0 aliphatic carbocycles. The molecule has 0 atom stereocenters. The average Bonchev–Trinajstić information content (AvgIpc) is 3.34. The van der Waals surface area contributed by atoms with Crippen LogP contribution in [0.1, 0.15) is 0 Å². The van der Waals surface area contributed by atoms with Crippen LogP contribution in [0.25, 0.3) is 98.0 Å². The maximum Gasteiger partial charge on any atom is 0.0546 e. The van der Waals surface area contributed by atoms with Crippen molar-refractivity contribution >= 4 is 81.7 Å². The second kappa shape index (κ2) is 14.4. The Kier molecular flexibility index (Phi) is 8.25. The number of hydrogen-bond acceptors (Lipinski definition) is 1. The van der Waals surface area contributed by atoms with Crippen LogP contribution in [0.2, 0.25) is 0 Å². The Balaban J connectivity index is 1.16. The van der Waals surface area contributed by atoms with Crippen LogP contribution in [0.15, 0.2) is 237 Å². The number of benzene rings is 12. The summed E-state index contributed by atoms with van der Waals surface area (Å²) in [5.41, 5.74) is 10.6. The third-order valence-corrected chi connectivity index (χ3v) is 12.6. The Labute approximate surface area is 355 Å². The molecule has 0 aliphatic heterocycles. The van der Waals surface area contributed by atoms with Gasteiger partial charge in [-0.2, -0.15) is 0 Å². The lowest BCUT2D eigenvalue weighted by Gasteiger charge is -2.30. The van der Waals surface area contributed by atoms with Crippen molar-refractivity contribution in [3.05, 3.63) is 237 Å². The monoisotopic (exact) mass is 773 g/mol. The van der Waals surface area contributed by atoms with E-state index >= 15 is 0 Å². The molecular formula is C60H39N. The number of para-hydroxylation sites is 1. The normalized spacial score (nSPS) is 11.6. The van der Waals surface area contributed by atoms with Crippen LogP contribution in [0.5, 0.6) is 0 Å². The lowest BCUT2D eigenvalue weighted by Crippen LogP contribution is -2.12. The van der Waals surface area contributed by atoms with Crippen LogP contribution in [-0.4, -0.2) is 0 Å². The topological polar surface area (TPSA) is 3.24 Å². The average molecular weight is 774 g/mol. The molecule has 1 nitrogen and oxygen atoms in total. The number of fused-ring (bicyclic) bond motifs is 9. The minimum absolute atomic E-state index is 1.11. The van der Waals surface area contributed by atoms with Crippen LogP contribution in [0.3, 0.4) is 0 Å². The molecule has 0 saturated carbocycles. The van der Waals surface area contributed by atoms with Crippen molar-refractivity contribution in [2.45, 2.75) is 0 Å². The molecule has 0 bridgehead atoms. The molecule has 12 rings (SSSR count). The van der Waals surface area contributed by atoms with Gasteiger partial charge < -0.3 is 4.90 Å². The lowest BCUT2D eigenvalue weighted by atomic mass is 9.84. The van der Waals surface area contributed by atoms with E-state index in [1.165, 1.54) is 86.9 Å². The molecule has 0 radical (unpaired) electrons. The molecule has 0 aromatic heterocycles. The zero-order chi connectivity index (χ0) is 40.3. The molecule has 0 aliphatic rings. The predicted molar refractivity (Wildman–Crippen MR) is 262 cm³/mol. The first-order valence-electron chi connectivity index (χ1n) is 21.1. The van der Waals surface area contributed by atoms with Gasteiger partial charge in [0.2, 0.25) is 0 Å². The standard InChI is InChI=1S/C60H39N/c1-3-18-41(19-4-1)59-55-29-14-12-27-52(55)53-35-33-45(38-56(53)60(59)42-20-5-2-6-21-42)50-25-15-16-30-57(50)61(46-34-36-49-44(37-46)32-31-40-17-7-9-23-47(40)49)58-39-43-22-8-10-24-48(43)51-26-11-13-28-54(51)58/h1-39H. The highest BCUT2D eigenvalue weighted by molar-refractivity contribution is 6.22. The van der Waals surface area contributed by atoms with Crippen molar-refractivity contribution in [2.24, 2.45) is 0 Å². The van der Waals surface area contributed by atoms with Gasteiger partial charge in [-0.3, -0.25) is 0 Å². The van der Waals surface area contributed by atoms with Crippen molar-refractivity contribution < 1.29 is 0 Å². The van der Waals surface area contributed by atoms with Crippen molar-refractivity contribution in [1.82, 2.24) is 0 Å². The van der Waals surface area contributed by atoms with E-state index in [2.05, 4.69) is 241 Å². The smallest absolute Gasteiger partial charge is 0.0546 e. The number of nitrogens with zero attached hydrogens (tertiary/aromatic N) is 1. The summed E-state index contributed by atoms with van der Waals surface area (Å²) in [5, 5.41) is 14.9. The Hall–Kier alpha value is -8.00. The molecule has 0 heterocycles. The van der Waals surface area contributed by atoms with Crippen LogP contribution in [0, 0.1) is 0 Å². The molecule has 12 aromatic rings. The highest BCUT2D eigenvalue weighted by Crippen LogP contribution is 2.49. The maximum absolute atomic E-state index is 2.50. The highest BCUT2D eigenvalue weighted by Gasteiger charge is 2.23. The Morgan fingerprint density at radius 2 is 0.705 bits per heavy atom. The first-order chi connectivity index (χ1) is 30.3. The van der Waals surface area contributed by atoms with E-state index in [1.54, 1.807) is 0 Å². The predicted octanol–water partition coefficient (Wildman–Crippen LogP) is 17.1. The van der Waals surface area contributed by atoms with Gasteiger partial charge in [0, 0.05) is 16.6 Å². The van der Waals surface area contributed by atoms with Gasteiger partial charge in [-0.1, -0.05) is 206 Å². The summed E-state index contributed by atoms with van der Waals surface area (Å²) in [4.78, 5) is 2.50. The third kappa shape index (κ3) is 5.78. The zero-order valence-corrected chi connectivity index (χ0v) is 33.5. The molecule has 12 aromatic carbocycles. The van der Waals surface area contributed by atoms with E-state index in [9.17, 15) is 0 Å². The van der Waals surface area contributed by atoms with Crippen LogP contribution in [-0.2, 0) is 0 Å². The first kappa shape index (κ1) is 35.0. The minimum Gasteiger partial charge on any atom is -0.309 e. The fraction of sp³-hybridized carbons (Fsp3) is 0. The summed E-state index contributed by atoms with van der Waals surface area (Å²) in [6, 6.07) is 87.0. The van der Waals surface area contributed by atoms with E-state index < -0.39 is 0 Å². The molecule has 1 heteroatoms. The second-order valence-electron chi connectivity index (χ2n) is 16.0. The largest absolute Gasteiger partial charge is 0.309 e. The van der Waals surface area contributed by atoms with Crippen molar-refractivity contribution in [3.63, 3.8) is 0 Å². The fourth-order valence-electron chi connectivity index (χ4n) is 9.85. The summed E-state index contributed by atoms with van der Waals surface area (Å²) in [6.45, 7) is 0. The number of rotatable bonds is 6. The lowest BCUT2D eigenvalue weighted by molar-refractivity contribution is 1.31. The van der Waals surface area contributed by atoms with Gasteiger partial charge in [0.05, 0.1) is 11.4 Å². The van der Waals surface area contributed by atoms with E-state index in [1.807, 2.05) is 0 Å². The highest BCUT2D eigenvalue weighted by atomic mass is 15.1. The van der Waals surface area contributed by atoms with Crippen molar-refractivity contribution in [2.75, 3.05) is 4.90 Å². The quantitative estimate of drug-likeness (QED) is 0.152. The van der Waals surface area contributed by atoms with Crippen LogP contribution >= 0.6 is 0 Å². The zero-order valence-electron chi connectivity index (χ0n) is 33.5. The second-order valence-corrected chi connectivity index (χ2v) is 16.0. The van der Waals surface area contributed by atoms with Gasteiger partial charge >= 0.3 is 0 Å². The van der Waals surface area contributed by atoms with E-state index in [0.717, 1.165) is 28.2 Å². The van der Waals surface area contributed by atoms with Gasteiger partial charge in [-0.25, -0.2) is 0 Å². The SMILES string of the molecule is c1ccc(-c2c(-c3ccccc3)c3cc(-c4ccccc4N(c4ccc5c(ccc6ccccc65)c4)c4cc5ccccc5c5ccccc45)ccc3c3ccccc23)cc1. The number of hydrogen-bond donors (Lipinski definition) is 0. The molecule has 0 saturated heterocycles. The van der Waals surface area contributed by atoms with E-state index in [-0.39, 0.29) is 0 Å². The summed E-state index contributed by atoms with van der Waals surface area (Å²) < 4.78 is 0.